The fourth-order valence-electron chi connectivity index (χ4n) is 3.33. The van der Waals surface area contributed by atoms with E-state index in [1.807, 2.05) is 21.1 Å². The van der Waals surface area contributed by atoms with Crippen LogP contribution in [0.15, 0.2) is 0 Å². The summed E-state index contributed by atoms with van der Waals surface area (Å²) in [5, 5.41) is 0. The lowest BCUT2D eigenvalue weighted by Gasteiger charge is -2.27. The molecule has 0 aromatic heterocycles. The van der Waals surface area contributed by atoms with Gasteiger partial charge in [-0.05, 0) is 12.3 Å². The second-order valence-corrected chi connectivity index (χ2v) is 9.95. The van der Waals surface area contributed by atoms with Gasteiger partial charge >= 0.3 is 0 Å². The Kier molecular flexibility index (Phi) is 11.5. The van der Waals surface area contributed by atoms with Gasteiger partial charge in [0.2, 0.25) is 0 Å². The molecule has 0 aromatic rings. The zero-order chi connectivity index (χ0) is 18.6. The first-order valence-corrected chi connectivity index (χ1v) is 11.7. The summed E-state index contributed by atoms with van der Waals surface area (Å²) in [7, 11) is 1.86. The molecule has 0 heterocycles. The van der Waals surface area contributed by atoms with Gasteiger partial charge in [-0.2, -0.15) is 0 Å². The van der Waals surface area contributed by atoms with Crippen molar-refractivity contribution in [1.29, 1.82) is 0 Å². The molecule has 6 heteroatoms. The van der Waals surface area contributed by atoms with E-state index in [1.165, 1.54) is 70.6 Å². The van der Waals surface area contributed by atoms with Gasteiger partial charge in [-0.1, -0.05) is 70.6 Å². The van der Waals surface area contributed by atoms with E-state index < -0.39 is 7.82 Å². The number of hydrogen-bond acceptors (Lipinski definition) is 4. The molecule has 150 valence electrons. The van der Waals surface area contributed by atoms with E-state index in [2.05, 4.69) is 0 Å². The molecule has 1 atom stereocenters. The highest BCUT2D eigenvalue weighted by molar-refractivity contribution is 7.45. The number of nitrogens with zero attached hydrogens (tertiary/aromatic N) is 1. The van der Waals surface area contributed by atoms with Gasteiger partial charge in [-0.3, -0.25) is 4.57 Å². The average molecular weight is 378 g/mol. The molecule has 0 spiro atoms. The maximum Gasteiger partial charge on any atom is 0.268 e. The average Bonchev–Trinajstić information content (AvgIpc) is 2.48. The van der Waals surface area contributed by atoms with Crippen LogP contribution in [0.4, 0.5) is 0 Å². The molecule has 0 amide bonds. The van der Waals surface area contributed by atoms with E-state index in [0.29, 0.717) is 16.9 Å². The smallest absolute Gasteiger partial charge is 0.268 e. The molecule has 1 rings (SSSR count). The van der Waals surface area contributed by atoms with E-state index in [1.54, 1.807) is 0 Å². The van der Waals surface area contributed by atoms with Gasteiger partial charge in [0.15, 0.2) is 0 Å². The Labute approximate surface area is 155 Å². The Morgan fingerprint density at radius 3 is 1.76 bits per heavy atom. The lowest BCUT2D eigenvalue weighted by atomic mass is 9.91. The van der Waals surface area contributed by atoms with Crippen LogP contribution in [0, 0.1) is 5.92 Å². The van der Waals surface area contributed by atoms with Crippen LogP contribution >= 0.6 is 7.82 Å². The molecule has 5 nitrogen and oxygen atoms in total. The van der Waals surface area contributed by atoms with Crippen molar-refractivity contribution in [3.8, 4) is 0 Å². The van der Waals surface area contributed by atoms with Crippen LogP contribution in [-0.4, -0.2) is 45.4 Å². The maximum absolute atomic E-state index is 11.8. The molecule has 0 bridgehead atoms. The third-order valence-electron chi connectivity index (χ3n) is 5.01. The van der Waals surface area contributed by atoms with Crippen molar-refractivity contribution in [1.82, 2.24) is 0 Å². The molecule has 0 aliphatic heterocycles. The predicted molar refractivity (Wildman–Crippen MR) is 101 cm³/mol. The fourth-order valence-corrected chi connectivity index (χ4v) is 4.04. The lowest BCUT2D eigenvalue weighted by molar-refractivity contribution is -0.870. The standard InChI is InChI=1S/C19H40NO4P/c1-20(2,3)16-18-24-25(21,22)23-17-15-19-13-11-9-7-5-4-6-8-10-12-14-19/h19H,4-18H2,1-3H3. The largest absolute Gasteiger partial charge is 0.756 e. The Balaban J connectivity index is 2.26. The molecule has 1 fully saturated rings. The third-order valence-corrected chi connectivity index (χ3v) is 6.01. The first-order chi connectivity index (χ1) is 11.8. The Morgan fingerprint density at radius 1 is 0.840 bits per heavy atom. The van der Waals surface area contributed by atoms with Crippen molar-refractivity contribution in [2.75, 3.05) is 40.9 Å². The van der Waals surface area contributed by atoms with Gasteiger partial charge in [0, 0.05) is 0 Å². The van der Waals surface area contributed by atoms with Gasteiger partial charge in [-0.25, -0.2) is 0 Å². The minimum absolute atomic E-state index is 0.174. The summed E-state index contributed by atoms with van der Waals surface area (Å²) in [6.45, 7) is 1.07. The van der Waals surface area contributed by atoms with Gasteiger partial charge in [-0.15, -0.1) is 0 Å². The van der Waals surface area contributed by atoms with E-state index in [-0.39, 0.29) is 13.2 Å². The van der Waals surface area contributed by atoms with Crippen LogP contribution in [0.25, 0.3) is 0 Å². The summed E-state index contributed by atoms with van der Waals surface area (Å²) in [5.74, 6) is 0.589. The van der Waals surface area contributed by atoms with E-state index in [9.17, 15) is 9.46 Å². The molecule has 0 radical (unpaired) electrons. The number of quaternary nitrogens is 1. The monoisotopic (exact) mass is 377 g/mol. The Bertz CT molecular complexity index is 372. The quantitative estimate of drug-likeness (QED) is 0.461. The van der Waals surface area contributed by atoms with Gasteiger partial charge in [0.05, 0.1) is 27.7 Å². The van der Waals surface area contributed by atoms with Crippen molar-refractivity contribution in [3.63, 3.8) is 0 Å². The lowest BCUT2D eigenvalue weighted by Crippen LogP contribution is -2.37. The van der Waals surface area contributed by atoms with E-state index in [0.717, 1.165) is 6.42 Å². The summed E-state index contributed by atoms with van der Waals surface area (Å²) in [5.41, 5.74) is 0. The summed E-state index contributed by atoms with van der Waals surface area (Å²) in [6.07, 6.45) is 15.2. The van der Waals surface area contributed by atoms with Crippen molar-refractivity contribution in [3.05, 3.63) is 0 Å². The molecule has 0 N–H and O–H groups in total. The molecule has 25 heavy (non-hydrogen) atoms. The summed E-state index contributed by atoms with van der Waals surface area (Å²) in [6, 6.07) is 0. The zero-order valence-corrected chi connectivity index (χ0v) is 17.6. The van der Waals surface area contributed by atoms with E-state index >= 15 is 0 Å². The maximum atomic E-state index is 11.8. The van der Waals surface area contributed by atoms with Crippen molar-refractivity contribution in [2.24, 2.45) is 5.92 Å². The number of phosphoric ester groups is 1. The molecule has 1 aliphatic rings. The Morgan fingerprint density at radius 2 is 1.28 bits per heavy atom. The number of rotatable bonds is 8. The number of likely N-dealkylation sites (N-methyl/N-ethyl adjacent to an activating group) is 1. The molecular weight excluding hydrogens is 337 g/mol. The highest BCUT2D eigenvalue weighted by Gasteiger charge is 2.15. The Hall–Kier alpha value is 0.0700. The number of hydrogen-bond donors (Lipinski definition) is 0. The molecule has 1 unspecified atom stereocenters. The molecule has 0 saturated heterocycles. The summed E-state index contributed by atoms with van der Waals surface area (Å²) >= 11 is 0. The first kappa shape index (κ1) is 23.1. The van der Waals surface area contributed by atoms with Crippen LogP contribution in [0.1, 0.15) is 77.0 Å². The minimum Gasteiger partial charge on any atom is -0.756 e. The van der Waals surface area contributed by atoms with Crippen LogP contribution in [0.3, 0.4) is 0 Å². The molecule has 1 aliphatic carbocycles. The fraction of sp³-hybridized carbons (Fsp3) is 1.00. The van der Waals surface area contributed by atoms with Crippen molar-refractivity contribution in [2.45, 2.75) is 77.0 Å². The highest BCUT2D eigenvalue weighted by Crippen LogP contribution is 2.38. The van der Waals surface area contributed by atoms with Gasteiger partial charge < -0.3 is 18.4 Å². The van der Waals surface area contributed by atoms with Crippen LogP contribution in [0.2, 0.25) is 0 Å². The summed E-state index contributed by atoms with van der Waals surface area (Å²) in [4.78, 5) is 11.8. The van der Waals surface area contributed by atoms with Gasteiger partial charge in [0.25, 0.3) is 7.82 Å². The first-order valence-electron chi connectivity index (χ1n) is 10.2. The molecule has 0 aromatic carbocycles. The zero-order valence-electron chi connectivity index (χ0n) is 16.7. The molecular formula is C19H40NO4P. The highest BCUT2D eigenvalue weighted by atomic mass is 31.2. The van der Waals surface area contributed by atoms with Crippen LogP contribution < -0.4 is 4.89 Å². The van der Waals surface area contributed by atoms with Crippen LogP contribution in [0.5, 0.6) is 0 Å². The van der Waals surface area contributed by atoms with Gasteiger partial charge in [0.1, 0.15) is 13.2 Å². The third kappa shape index (κ3) is 13.9. The van der Waals surface area contributed by atoms with Crippen molar-refractivity contribution >= 4 is 7.82 Å². The second-order valence-electron chi connectivity index (χ2n) is 8.54. The normalized spacial score (nSPS) is 21.9. The SMILES string of the molecule is C[N+](C)(C)CCOP(=O)([O-])OCCC1CCCCCCCCCCC1. The van der Waals surface area contributed by atoms with E-state index in [4.69, 9.17) is 9.05 Å². The predicted octanol–water partition coefficient (Wildman–Crippen LogP) is 4.51. The second kappa shape index (κ2) is 12.5. The van der Waals surface area contributed by atoms with Crippen molar-refractivity contribution < 1.29 is 23.0 Å². The minimum atomic E-state index is -4.15. The number of phosphoric acid groups is 1. The van der Waals surface area contributed by atoms with Crippen LogP contribution in [-0.2, 0) is 13.6 Å². The molecule has 1 saturated carbocycles. The topological polar surface area (TPSA) is 58.6 Å². The summed E-state index contributed by atoms with van der Waals surface area (Å²) < 4.78 is 22.6.